The minimum Gasteiger partial charge on any atom is -0.460 e. The summed E-state index contributed by atoms with van der Waals surface area (Å²) in [5.74, 6) is -2.91. The number of amides is 2. The van der Waals surface area contributed by atoms with Crippen LogP contribution in [0.2, 0.25) is 0 Å². The zero-order valence-corrected chi connectivity index (χ0v) is 19.8. The Hall–Kier alpha value is -3.27. The second-order valence-corrected chi connectivity index (χ2v) is 9.20. The third kappa shape index (κ3) is 7.38. The summed E-state index contributed by atoms with van der Waals surface area (Å²) in [4.78, 5) is 54.6. The Kier molecular flexibility index (Phi) is 8.32. The Morgan fingerprint density at radius 2 is 1.70 bits per heavy atom. The standard InChI is InChI=1S/C23H32N4O6/c1-12(2)18(24)21(31)25-13(3)20(30)26-15(11-17(28)33-23(4,5)6)19(29)22-27-14-9-7-8-10-16(14)32-22/h7-10,12-13,15,18H,11,24H2,1-6H3,(H,25,31)(H,26,30)/t13-,15+,18+/m0/s1. The number of carbonyl (C=O) groups is 4. The number of fused-ring (bicyclic) bond motifs is 1. The Morgan fingerprint density at radius 1 is 1.06 bits per heavy atom. The molecule has 0 fully saturated rings. The van der Waals surface area contributed by atoms with Gasteiger partial charge in [-0.2, -0.15) is 0 Å². The Labute approximate surface area is 192 Å². The molecule has 33 heavy (non-hydrogen) atoms. The van der Waals surface area contributed by atoms with E-state index in [1.54, 1.807) is 58.9 Å². The molecule has 0 aliphatic carbocycles. The zero-order chi connectivity index (χ0) is 24.9. The molecule has 1 aromatic heterocycles. The third-order valence-electron chi connectivity index (χ3n) is 4.70. The largest absolute Gasteiger partial charge is 0.460 e. The highest BCUT2D eigenvalue weighted by atomic mass is 16.6. The number of nitrogens with zero attached hydrogens (tertiary/aromatic N) is 1. The van der Waals surface area contributed by atoms with Crippen LogP contribution in [0.5, 0.6) is 0 Å². The van der Waals surface area contributed by atoms with Crippen molar-refractivity contribution < 1.29 is 28.3 Å². The maximum atomic E-state index is 13.1. The maximum Gasteiger partial charge on any atom is 0.308 e. The molecule has 0 bridgehead atoms. The maximum absolute atomic E-state index is 13.1. The van der Waals surface area contributed by atoms with Gasteiger partial charge in [-0.25, -0.2) is 4.98 Å². The molecule has 4 N–H and O–H groups in total. The highest BCUT2D eigenvalue weighted by molar-refractivity contribution is 6.02. The van der Waals surface area contributed by atoms with Crippen molar-refractivity contribution in [1.29, 1.82) is 0 Å². The van der Waals surface area contributed by atoms with Crippen LogP contribution in [0.25, 0.3) is 11.1 Å². The summed E-state index contributed by atoms with van der Waals surface area (Å²) in [6.45, 7) is 10.1. The number of nitrogens with one attached hydrogen (secondary N) is 2. The number of ether oxygens (including phenoxy) is 1. The van der Waals surface area contributed by atoms with E-state index in [-0.39, 0.29) is 11.8 Å². The van der Waals surface area contributed by atoms with Gasteiger partial charge in [-0.3, -0.25) is 19.2 Å². The van der Waals surface area contributed by atoms with Gasteiger partial charge in [-0.15, -0.1) is 0 Å². The molecule has 0 saturated heterocycles. The summed E-state index contributed by atoms with van der Waals surface area (Å²) in [5.41, 5.74) is 5.90. The second kappa shape index (κ2) is 10.6. The van der Waals surface area contributed by atoms with Gasteiger partial charge in [0.15, 0.2) is 5.58 Å². The minimum atomic E-state index is -1.31. The van der Waals surface area contributed by atoms with Gasteiger partial charge in [0.25, 0.3) is 5.89 Å². The van der Waals surface area contributed by atoms with Crippen LogP contribution in [-0.2, 0) is 19.1 Å². The lowest BCUT2D eigenvalue weighted by Gasteiger charge is -2.23. The normalized spacial score (nSPS) is 14.4. The van der Waals surface area contributed by atoms with E-state index >= 15 is 0 Å². The molecule has 2 amide bonds. The van der Waals surface area contributed by atoms with E-state index in [0.717, 1.165) is 0 Å². The lowest BCUT2D eigenvalue weighted by Crippen LogP contribution is -2.54. The zero-order valence-electron chi connectivity index (χ0n) is 19.8. The van der Waals surface area contributed by atoms with Crippen LogP contribution in [0.1, 0.15) is 58.6 Å². The summed E-state index contributed by atoms with van der Waals surface area (Å²) < 4.78 is 10.8. The first kappa shape index (κ1) is 26.0. The number of hydrogen-bond donors (Lipinski definition) is 3. The number of oxazole rings is 1. The number of aromatic nitrogens is 1. The smallest absolute Gasteiger partial charge is 0.308 e. The highest BCUT2D eigenvalue weighted by Crippen LogP contribution is 2.18. The highest BCUT2D eigenvalue weighted by Gasteiger charge is 2.32. The molecule has 1 aromatic carbocycles. The topological polar surface area (TPSA) is 154 Å². The summed E-state index contributed by atoms with van der Waals surface area (Å²) in [7, 11) is 0. The molecule has 2 rings (SSSR count). The van der Waals surface area contributed by atoms with Crippen molar-refractivity contribution in [2.24, 2.45) is 11.7 Å². The van der Waals surface area contributed by atoms with Crippen LogP contribution < -0.4 is 16.4 Å². The molecule has 0 spiro atoms. The number of benzene rings is 1. The fourth-order valence-electron chi connectivity index (χ4n) is 2.86. The summed E-state index contributed by atoms with van der Waals surface area (Å²) >= 11 is 0. The number of Topliss-reactive ketones (excluding diaryl/α,β-unsaturated/α-hetero) is 1. The first-order valence-corrected chi connectivity index (χ1v) is 10.8. The average Bonchev–Trinajstić information content (AvgIpc) is 3.14. The van der Waals surface area contributed by atoms with Gasteiger partial charge in [0, 0.05) is 0 Å². The van der Waals surface area contributed by atoms with E-state index in [9.17, 15) is 19.2 Å². The van der Waals surface area contributed by atoms with Crippen molar-refractivity contribution in [3.8, 4) is 0 Å². The predicted molar refractivity (Wildman–Crippen MR) is 121 cm³/mol. The molecule has 2 aromatic rings. The number of carbonyl (C=O) groups excluding carboxylic acids is 4. The molecule has 3 atom stereocenters. The number of rotatable bonds is 9. The van der Waals surface area contributed by atoms with Gasteiger partial charge in [0.1, 0.15) is 23.2 Å². The molecular weight excluding hydrogens is 428 g/mol. The molecule has 10 heteroatoms. The van der Waals surface area contributed by atoms with Crippen LogP contribution in [0.15, 0.2) is 28.7 Å². The van der Waals surface area contributed by atoms with Crippen LogP contribution in [0.3, 0.4) is 0 Å². The van der Waals surface area contributed by atoms with Gasteiger partial charge >= 0.3 is 5.97 Å². The van der Waals surface area contributed by atoms with Crippen molar-refractivity contribution in [2.45, 2.75) is 71.7 Å². The molecular formula is C23H32N4O6. The van der Waals surface area contributed by atoms with E-state index in [0.29, 0.717) is 11.1 Å². The van der Waals surface area contributed by atoms with Crippen LogP contribution >= 0.6 is 0 Å². The van der Waals surface area contributed by atoms with Gasteiger partial charge in [-0.1, -0.05) is 26.0 Å². The van der Waals surface area contributed by atoms with Crippen molar-refractivity contribution in [1.82, 2.24) is 15.6 Å². The van der Waals surface area contributed by atoms with Crippen molar-refractivity contribution >= 4 is 34.7 Å². The molecule has 0 aliphatic rings. The van der Waals surface area contributed by atoms with Crippen molar-refractivity contribution in [3.63, 3.8) is 0 Å². The number of nitrogens with two attached hydrogens (primary N) is 1. The molecule has 0 radical (unpaired) electrons. The molecule has 1 heterocycles. The first-order valence-electron chi connectivity index (χ1n) is 10.8. The Morgan fingerprint density at radius 3 is 2.27 bits per heavy atom. The molecule has 10 nitrogen and oxygen atoms in total. The van der Waals surface area contributed by atoms with Gasteiger partial charge < -0.3 is 25.5 Å². The number of hydrogen-bond acceptors (Lipinski definition) is 8. The quantitative estimate of drug-likeness (QED) is 0.377. The summed E-state index contributed by atoms with van der Waals surface area (Å²) in [6, 6.07) is 3.69. The Balaban J connectivity index is 2.20. The predicted octanol–water partition coefficient (Wildman–Crippen LogP) is 1.72. The third-order valence-corrected chi connectivity index (χ3v) is 4.70. The van der Waals surface area contributed by atoms with E-state index in [2.05, 4.69) is 15.6 Å². The van der Waals surface area contributed by atoms with Gasteiger partial charge in [0.05, 0.1) is 12.5 Å². The molecule has 180 valence electrons. The minimum absolute atomic E-state index is 0.124. The van der Waals surface area contributed by atoms with E-state index < -0.39 is 53.7 Å². The molecule has 0 unspecified atom stereocenters. The van der Waals surface area contributed by atoms with Crippen molar-refractivity contribution in [3.05, 3.63) is 30.2 Å². The Bertz CT molecular complexity index is 990. The summed E-state index contributed by atoms with van der Waals surface area (Å²) in [6.07, 6.45) is -0.438. The van der Waals surface area contributed by atoms with Crippen LogP contribution in [0.4, 0.5) is 0 Å². The molecule has 0 saturated carbocycles. The SMILES string of the molecule is CC(C)[C@@H](N)C(=O)N[C@@H](C)C(=O)N[C@H](CC(=O)OC(C)(C)C)C(=O)c1nc2ccccc2o1. The van der Waals surface area contributed by atoms with Gasteiger partial charge in [-0.05, 0) is 45.7 Å². The van der Waals surface area contributed by atoms with Gasteiger partial charge in [0.2, 0.25) is 17.6 Å². The fraction of sp³-hybridized carbons (Fsp3) is 0.522. The van der Waals surface area contributed by atoms with Crippen LogP contribution in [-0.4, -0.2) is 52.3 Å². The fourth-order valence-corrected chi connectivity index (χ4v) is 2.86. The average molecular weight is 461 g/mol. The van der Waals surface area contributed by atoms with E-state index in [1.165, 1.54) is 6.92 Å². The number of esters is 1. The lowest BCUT2D eigenvalue weighted by atomic mass is 10.0. The summed E-state index contributed by atoms with van der Waals surface area (Å²) in [5, 5.41) is 5.02. The number of ketones is 1. The van der Waals surface area contributed by atoms with E-state index in [4.69, 9.17) is 14.9 Å². The van der Waals surface area contributed by atoms with Crippen LogP contribution in [0, 0.1) is 5.92 Å². The number of para-hydroxylation sites is 2. The van der Waals surface area contributed by atoms with E-state index in [1.807, 2.05) is 0 Å². The lowest BCUT2D eigenvalue weighted by molar-refractivity contribution is -0.155. The van der Waals surface area contributed by atoms with Crippen molar-refractivity contribution in [2.75, 3.05) is 0 Å². The second-order valence-electron chi connectivity index (χ2n) is 9.20. The molecule has 0 aliphatic heterocycles. The first-order chi connectivity index (χ1) is 15.3. The monoisotopic (exact) mass is 460 g/mol.